The fourth-order valence-electron chi connectivity index (χ4n) is 8.30. The molecule has 0 bridgehead atoms. The van der Waals surface area contributed by atoms with Gasteiger partial charge in [-0.25, -0.2) is 0 Å². The van der Waals surface area contributed by atoms with Gasteiger partial charge in [0.05, 0.1) is 0 Å². The number of aromatic hydroxyl groups is 1. The number of benzene rings is 4. The molecule has 5 nitrogen and oxygen atoms in total. The highest BCUT2D eigenvalue weighted by atomic mass is 32.1. The SMILES string of the molecule is CCC(=O)OC1CCC2C3CCc4cc(O)ccc4C3CCC12C.Cc1cccc(N(C)C(=S)Oc2ccc3ccccc3c2)c1. The molecule has 4 aromatic carbocycles. The molecular weight excluding hydrogens is 591 g/mol. The number of phenols is 1. The van der Waals surface area contributed by atoms with Crippen LogP contribution in [0.3, 0.4) is 0 Å². The summed E-state index contributed by atoms with van der Waals surface area (Å²) in [4.78, 5) is 13.7. The van der Waals surface area contributed by atoms with Crippen molar-refractivity contribution in [1.82, 2.24) is 0 Å². The van der Waals surface area contributed by atoms with Gasteiger partial charge in [-0.15, -0.1) is 0 Å². The van der Waals surface area contributed by atoms with Gasteiger partial charge < -0.3 is 19.5 Å². The minimum absolute atomic E-state index is 0.0477. The van der Waals surface area contributed by atoms with Gasteiger partial charge in [-0.2, -0.15) is 0 Å². The molecule has 0 amide bonds. The largest absolute Gasteiger partial charge is 0.508 e. The lowest BCUT2D eigenvalue weighted by molar-refractivity contribution is -0.157. The Balaban J connectivity index is 0.000000162. The summed E-state index contributed by atoms with van der Waals surface area (Å²) in [5.74, 6) is 3.07. The Morgan fingerprint density at radius 2 is 1.76 bits per heavy atom. The van der Waals surface area contributed by atoms with Crippen molar-refractivity contribution >= 4 is 39.8 Å². The smallest absolute Gasteiger partial charge is 0.305 e. The van der Waals surface area contributed by atoms with E-state index in [2.05, 4.69) is 44.2 Å². The summed E-state index contributed by atoms with van der Waals surface area (Å²) in [5, 5.41) is 12.5. The molecule has 0 heterocycles. The molecule has 0 aromatic heterocycles. The second kappa shape index (κ2) is 13.4. The lowest BCUT2D eigenvalue weighted by Crippen LogP contribution is -2.45. The Kier molecular flexibility index (Phi) is 9.37. The molecule has 2 saturated carbocycles. The summed E-state index contributed by atoms with van der Waals surface area (Å²) < 4.78 is 11.7. The third-order valence-corrected chi connectivity index (χ3v) is 11.1. The molecule has 46 heavy (non-hydrogen) atoms. The molecule has 0 saturated heterocycles. The van der Waals surface area contributed by atoms with E-state index in [1.807, 2.05) is 73.5 Å². The van der Waals surface area contributed by atoms with Crippen molar-refractivity contribution in [2.75, 3.05) is 11.9 Å². The number of anilines is 1. The van der Waals surface area contributed by atoms with Crippen LogP contribution in [0.5, 0.6) is 11.5 Å². The number of carbonyl (C=O) groups excluding carboxylic acids is 1. The Morgan fingerprint density at radius 3 is 2.54 bits per heavy atom. The number of rotatable bonds is 4. The molecule has 0 spiro atoms. The third kappa shape index (κ3) is 6.50. The van der Waals surface area contributed by atoms with Gasteiger partial charge in [-0.3, -0.25) is 4.79 Å². The van der Waals surface area contributed by atoms with Crippen LogP contribution in [-0.4, -0.2) is 29.4 Å². The van der Waals surface area contributed by atoms with Gasteiger partial charge in [-0.05, 0) is 139 Å². The summed E-state index contributed by atoms with van der Waals surface area (Å²) in [6, 6.07) is 28.3. The summed E-state index contributed by atoms with van der Waals surface area (Å²) in [6.07, 6.45) is 7.38. The van der Waals surface area contributed by atoms with E-state index in [9.17, 15) is 9.90 Å². The maximum Gasteiger partial charge on any atom is 0.305 e. The number of phenolic OH excluding ortho intramolecular Hbond substituents is 1. The highest BCUT2D eigenvalue weighted by molar-refractivity contribution is 7.80. The summed E-state index contributed by atoms with van der Waals surface area (Å²) >= 11 is 5.41. The lowest BCUT2D eigenvalue weighted by Gasteiger charge is -2.50. The zero-order valence-corrected chi connectivity index (χ0v) is 28.2. The first kappa shape index (κ1) is 32.1. The monoisotopic (exact) mass is 635 g/mol. The Labute approximate surface area is 278 Å². The average molecular weight is 636 g/mol. The summed E-state index contributed by atoms with van der Waals surface area (Å²) in [7, 11) is 1.91. The second-order valence-electron chi connectivity index (χ2n) is 13.5. The zero-order chi connectivity index (χ0) is 32.4. The first-order valence-corrected chi connectivity index (χ1v) is 17.1. The van der Waals surface area contributed by atoms with Gasteiger partial charge in [0.1, 0.15) is 17.6 Å². The molecule has 1 N–H and O–H groups in total. The van der Waals surface area contributed by atoms with Crippen LogP contribution in [0.2, 0.25) is 0 Å². The maximum atomic E-state index is 11.8. The van der Waals surface area contributed by atoms with Crippen molar-refractivity contribution in [3.05, 3.63) is 102 Å². The molecule has 0 radical (unpaired) electrons. The van der Waals surface area contributed by atoms with E-state index in [1.54, 1.807) is 0 Å². The fraction of sp³-hybridized carbons (Fsp3) is 0.400. The molecule has 7 rings (SSSR count). The van der Waals surface area contributed by atoms with E-state index < -0.39 is 0 Å². The van der Waals surface area contributed by atoms with Crippen LogP contribution in [-0.2, 0) is 16.0 Å². The number of fused-ring (bicyclic) bond motifs is 6. The Bertz CT molecular complexity index is 1740. The molecule has 6 heteroatoms. The minimum Gasteiger partial charge on any atom is -0.508 e. The summed E-state index contributed by atoms with van der Waals surface area (Å²) in [5.41, 5.74) is 5.16. The van der Waals surface area contributed by atoms with Gasteiger partial charge in [0.2, 0.25) is 0 Å². The Morgan fingerprint density at radius 1 is 0.957 bits per heavy atom. The number of thiocarbonyl (C=S) groups is 1. The number of ether oxygens (including phenoxy) is 2. The number of carbonyl (C=O) groups is 1. The van der Waals surface area contributed by atoms with Crippen LogP contribution >= 0.6 is 12.2 Å². The number of esters is 1. The molecule has 4 aromatic rings. The zero-order valence-electron chi connectivity index (χ0n) is 27.4. The minimum atomic E-state index is -0.0477. The highest BCUT2D eigenvalue weighted by Gasteiger charge is 2.56. The fourth-order valence-corrected chi connectivity index (χ4v) is 8.50. The number of aryl methyl sites for hydroxylation is 2. The van der Waals surface area contributed by atoms with Crippen molar-refractivity contribution in [2.45, 2.75) is 77.7 Å². The molecule has 0 aliphatic heterocycles. The predicted octanol–water partition coefficient (Wildman–Crippen LogP) is 9.52. The predicted molar refractivity (Wildman–Crippen MR) is 190 cm³/mol. The van der Waals surface area contributed by atoms with E-state index in [4.69, 9.17) is 21.7 Å². The van der Waals surface area contributed by atoms with Gasteiger partial charge in [0, 0.05) is 24.6 Å². The van der Waals surface area contributed by atoms with Crippen LogP contribution in [0.15, 0.2) is 84.9 Å². The van der Waals surface area contributed by atoms with Crippen LogP contribution in [0, 0.1) is 24.2 Å². The second-order valence-corrected chi connectivity index (χ2v) is 13.9. The first-order chi connectivity index (χ1) is 22.2. The van der Waals surface area contributed by atoms with Crippen LogP contribution in [0.1, 0.15) is 75.0 Å². The van der Waals surface area contributed by atoms with Crippen LogP contribution in [0.25, 0.3) is 10.8 Å². The van der Waals surface area contributed by atoms with Crippen molar-refractivity contribution in [3.63, 3.8) is 0 Å². The van der Waals surface area contributed by atoms with Crippen molar-refractivity contribution < 1.29 is 19.4 Å². The highest BCUT2D eigenvalue weighted by Crippen LogP contribution is 2.61. The van der Waals surface area contributed by atoms with E-state index in [1.165, 1.54) is 41.3 Å². The molecule has 3 aliphatic rings. The molecule has 2 fully saturated rings. The topological polar surface area (TPSA) is 59.0 Å². The number of nitrogens with zero attached hydrogens (tertiary/aromatic N) is 1. The molecule has 5 unspecified atom stereocenters. The normalized spacial score (nSPS) is 24.4. The number of hydrogen-bond donors (Lipinski definition) is 1. The lowest BCUT2D eigenvalue weighted by atomic mass is 9.55. The molecule has 3 aliphatic carbocycles. The molecule has 240 valence electrons. The van der Waals surface area contributed by atoms with Gasteiger partial charge in [-0.1, -0.05) is 62.4 Å². The standard InChI is InChI=1S/C21H28O3.C19H17NOS/c1-3-20(23)24-19-9-8-18-17-6-4-13-12-14(22)5-7-15(13)16(17)10-11-21(18,19)2;1-14-6-5-9-17(12-14)20(2)19(22)21-18-11-10-15-7-3-4-8-16(15)13-18/h5,7,12,16-19,22H,3-4,6,8-11H2,1-2H3;3-13H,1-2H3. The average Bonchev–Trinajstić information content (AvgIpc) is 3.39. The van der Waals surface area contributed by atoms with E-state index in [0.717, 1.165) is 36.1 Å². The summed E-state index contributed by atoms with van der Waals surface area (Å²) in [6.45, 7) is 6.30. The van der Waals surface area contributed by atoms with Crippen molar-refractivity contribution in [3.8, 4) is 11.5 Å². The van der Waals surface area contributed by atoms with Crippen LogP contribution < -0.4 is 9.64 Å². The maximum absolute atomic E-state index is 11.8. The van der Waals surface area contributed by atoms with Gasteiger partial charge in [0.15, 0.2) is 0 Å². The van der Waals surface area contributed by atoms with Gasteiger partial charge >= 0.3 is 5.97 Å². The van der Waals surface area contributed by atoms with Gasteiger partial charge in [0.25, 0.3) is 5.17 Å². The van der Waals surface area contributed by atoms with Crippen LogP contribution in [0.4, 0.5) is 5.69 Å². The Hall–Kier alpha value is -3.90. The number of hydrogen-bond acceptors (Lipinski definition) is 5. The van der Waals surface area contributed by atoms with E-state index >= 15 is 0 Å². The van der Waals surface area contributed by atoms with Crippen molar-refractivity contribution in [1.29, 1.82) is 0 Å². The van der Waals surface area contributed by atoms with E-state index in [0.29, 0.717) is 35.1 Å². The quantitative estimate of drug-likeness (QED) is 0.178. The third-order valence-electron chi connectivity index (χ3n) is 10.8. The van der Waals surface area contributed by atoms with E-state index in [-0.39, 0.29) is 17.5 Å². The first-order valence-electron chi connectivity index (χ1n) is 16.7. The molecule has 5 atom stereocenters. The van der Waals surface area contributed by atoms with Crippen molar-refractivity contribution in [2.24, 2.45) is 17.3 Å². The molecular formula is C40H45NO4S.